The van der Waals surface area contributed by atoms with Crippen LogP contribution in [-0.2, 0) is 0 Å². The highest BCUT2D eigenvalue weighted by atomic mass is 79.9. The summed E-state index contributed by atoms with van der Waals surface area (Å²) in [6, 6.07) is 13.9. The second-order valence-corrected chi connectivity index (χ2v) is 8.05. The highest BCUT2D eigenvalue weighted by Crippen LogP contribution is 2.33. The number of halogens is 1. The lowest BCUT2D eigenvalue weighted by molar-refractivity contribution is 0.723. The Morgan fingerprint density at radius 3 is 2.64 bits per heavy atom. The number of rotatable bonds is 5. The number of aliphatic imine (C=N–C) groups is 1. The SMILES string of the molecule is CC(C)(CN=C(N)Nc1ccccn1)Sc1ccc(Br)cc1. The minimum absolute atomic E-state index is 0.0513. The molecule has 0 fully saturated rings. The normalized spacial score (nSPS) is 12.2. The molecule has 116 valence electrons. The Kier molecular flexibility index (Phi) is 5.85. The van der Waals surface area contributed by atoms with Gasteiger partial charge in [-0.3, -0.25) is 4.99 Å². The molecule has 0 bridgehead atoms. The molecule has 2 aromatic rings. The van der Waals surface area contributed by atoms with Crippen LogP contribution in [0, 0.1) is 0 Å². The second-order valence-electron chi connectivity index (χ2n) is 5.36. The monoisotopic (exact) mass is 378 g/mol. The van der Waals surface area contributed by atoms with E-state index < -0.39 is 0 Å². The molecule has 0 unspecified atom stereocenters. The average Bonchev–Trinajstić information content (AvgIpc) is 2.49. The summed E-state index contributed by atoms with van der Waals surface area (Å²) in [4.78, 5) is 9.78. The summed E-state index contributed by atoms with van der Waals surface area (Å²) in [7, 11) is 0. The van der Waals surface area contributed by atoms with Crippen molar-refractivity contribution < 1.29 is 0 Å². The first-order valence-electron chi connectivity index (χ1n) is 6.87. The van der Waals surface area contributed by atoms with E-state index >= 15 is 0 Å². The van der Waals surface area contributed by atoms with E-state index in [1.54, 1.807) is 18.0 Å². The summed E-state index contributed by atoms with van der Waals surface area (Å²) in [6.45, 7) is 4.91. The predicted molar refractivity (Wildman–Crippen MR) is 98.4 cm³/mol. The Hall–Kier alpha value is -1.53. The Morgan fingerprint density at radius 2 is 2.00 bits per heavy atom. The Balaban J connectivity index is 1.93. The molecule has 0 radical (unpaired) electrons. The van der Waals surface area contributed by atoms with E-state index in [9.17, 15) is 0 Å². The van der Waals surface area contributed by atoms with Gasteiger partial charge in [-0.05, 0) is 50.2 Å². The molecule has 0 amide bonds. The van der Waals surface area contributed by atoms with Gasteiger partial charge in [-0.2, -0.15) is 0 Å². The summed E-state index contributed by atoms with van der Waals surface area (Å²) in [5, 5.41) is 2.99. The van der Waals surface area contributed by atoms with Crippen molar-refractivity contribution in [1.82, 2.24) is 4.98 Å². The standard InChI is InChI=1S/C16H19BrN4S/c1-16(2,22-13-8-6-12(17)7-9-13)11-20-15(18)21-14-5-3-4-10-19-14/h3-10H,11H2,1-2H3,(H3,18,19,20,21). The van der Waals surface area contributed by atoms with Crippen molar-refractivity contribution in [3.8, 4) is 0 Å². The first-order valence-corrected chi connectivity index (χ1v) is 8.48. The molecule has 1 heterocycles. The maximum Gasteiger partial charge on any atom is 0.194 e. The van der Waals surface area contributed by atoms with Gasteiger partial charge < -0.3 is 11.1 Å². The minimum Gasteiger partial charge on any atom is -0.370 e. The zero-order valence-corrected chi connectivity index (χ0v) is 15.0. The van der Waals surface area contributed by atoms with Crippen LogP contribution in [0.5, 0.6) is 0 Å². The minimum atomic E-state index is -0.0513. The van der Waals surface area contributed by atoms with Gasteiger partial charge in [0.25, 0.3) is 0 Å². The van der Waals surface area contributed by atoms with Gasteiger partial charge in [-0.15, -0.1) is 11.8 Å². The molecule has 0 saturated carbocycles. The molecule has 0 atom stereocenters. The topological polar surface area (TPSA) is 63.3 Å². The van der Waals surface area contributed by atoms with Crippen molar-refractivity contribution in [2.24, 2.45) is 10.7 Å². The molecule has 2 rings (SSSR count). The van der Waals surface area contributed by atoms with Crippen LogP contribution >= 0.6 is 27.7 Å². The van der Waals surface area contributed by atoms with Gasteiger partial charge in [0, 0.05) is 20.3 Å². The van der Waals surface area contributed by atoms with E-state index in [1.165, 1.54) is 4.90 Å². The summed E-state index contributed by atoms with van der Waals surface area (Å²) in [5.74, 6) is 1.07. The van der Waals surface area contributed by atoms with Crippen molar-refractivity contribution in [3.05, 3.63) is 53.1 Å². The molecular weight excluding hydrogens is 360 g/mol. The van der Waals surface area contributed by atoms with Crippen LogP contribution in [0.2, 0.25) is 0 Å². The van der Waals surface area contributed by atoms with Crippen LogP contribution in [0.15, 0.2) is 63.0 Å². The van der Waals surface area contributed by atoms with Crippen LogP contribution in [-0.4, -0.2) is 22.2 Å². The number of pyridine rings is 1. The van der Waals surface area contributed by atoms with Crippen LogP contribution in [0.4, 0.5) is 5.82 Å². The number of hydrogen-bond acceptors (Lipinski definition) is 3. The maximum atomic E-state index is 5.91. The van der Waals surface area contributed by atoms with Crippen LogP contribution in [0.1, 0.15) is 13.8 Å². The second kappa shape index (κ2) is 7.65. The van der Waals surface area contributed by atoms with Gasteiger partial charge in [-0.1, -0.05) is 22.0 Å². The molecule has 4 nitrogen and oxygen atoms in total. The Labute approximate surface area is 143 Å². The van der Waals surface area contributed by atoms with E-state index in [-0.39, 0.29) is 4.75 Å². The molecule has 3 N–H and O–H groups in total. The van der Waals surface area contributed by atoms with Crippen LogP contribution < -0.4 is 11.1 Å². The van der Waals surface area contributed by atoms with Gasteiger partial charge in [0.15, 0.2) is 5.96 Å². The van der Waals surface area contributed by atoms with E-state index in [2.05, 4.69) is 57.2 Å². The van der Waals surface area contributed by atoms with Crippen molar-refractivity contribution in [2.75, 3.05) is 11.9 Å². The smallest absolute Gasteiger partial charge is 0.194 e. The maximum absolute atomic E-state index is 5.91. The lowest BCUT2D eigenvalue weighted by Gasteiger charge is -2.22. The number of anilines is 1. The molecule has 0 saturated heterocycles. The van der Waals surface area contributed by atoms with Gasteiger partial charge in [0.05, 0.1) is 6.54 Å². The van der Waals surface area contributed by atoms with E-state index in [0.29, 0.717) is 18.3 Å². The first-order chi connectivity index (χ1) is 10.4. The summed E-state index contributed by atoms with van der Waals surface area (Å²) in [6.07, 6.45) is 1.71. The number of nitrogens with zero attached hydrogens (tertiary/aromatic N) is 2. The number of hydrogen-bond donors (Lipinski definition) is 2. The third-order valence-corrected chi connectivity index (χ3v) is 4.48. The molecular formula is C16H19BrN4S. The zero-order valence-electron chi connectivity index (χ0n) is 12.6. The van der Waals surface area contributed by atoms with Crippen molar-refractivity contribution in [3.63, 3.8) is 0 Å². The van der Waals surface area contributed by atoms with Gasteiger partial charge in [-0.25, -0.2) is 4.98 Å². The van der Waals surface area contributed by atoms with Gasteiger partial charge >= 0.3 is 0 Å². The van der Waals surface area contributed by atoms with Crippen molar-refractivity contribution >= 4 is 39.5 Å². The summed E-state index contributed by atoms with van der Waals surface area (Å²) < 4.78 is 1.03. The molecule has 0 aliphatic heterocycles. The lowest BCUT2D eigenvalue weighted by atomic mass is 10.2. The van der Waals surface area contributed by atoms with Crippen molar-refractivity contribution in [1.29, 1.82) is 0 Å². The fourth-order valence-corrected chi connectivity index (χ4v) is 3.04. The third kappa shape index (κ3) is 5.69. The molecule has 0 aliphatic rings. The predicted octanol–water partition coefficient (Wildman–Crippen LogP) is 4.14. The highest BCUT2D eigenvalue weighted by molar-refractivity contribution is 9.10. The number of benzene rings is 1. The fraction of sp³-hybridized carbons (Fsp3) is 0.250. The number of thioether (sulfide) groups is 1. The Morgan fingerprint density at radius 1 is 1.27 bits per heavy atom. The zero-order chi connectivity index (χ0) is 16.0. The molecule has 0 spiro atoms. The largest absolute Gasteiger partial charge is 0.370 e. The summed E-state index contributed by atoms with van der Waals surface area (Å²) >= 11 is 5.22. The number of nitrogens with one attached hydrogen (secondary N) is 1. The fourth-order valence-electron chi connectivity index (χ4n) is 1.74. The lowest BCUT2D eigenvalue weighted by Crippen LogP contribution is -2.27. The van der Waals surface area contributed by atoms with Gasteiger partial charge in [0.1, 0.15) is 5.82 Å². The Bertz CT molecular complexity index is 626. The summed E-state index contributed by atoms with van der Waals surface area (Å²) in [5.41, 5.74) is 5.91. The molecule has 22 heavy (non-hydrogen) atoms. The number of aromatic nitrogens is 1. The van der Waals surface area contributed by atoms with E-state index in [1.807, 2.05) is 30.3 Å². The third-order valence-electron chi connectivity index (χ3n) is 2.76. The average molecular weight is 379 g/mol. The van der Waals surface area contributed by atoms with Crippen LogP contribution in [0.25, 0.3) is 0 Å². The molecule has 1 aromatic heterocycles. The van der Waals surface area contributed by atoms with E-state index in [4.69, 9.17) is 5.73 Å². The van der Waals surface area contributed by atoms with E-state index in [0.717, 1.165) is 4.47 Å². The first kappa shape index (κ1) is 16.8. The van der Waals surface area contributed by atoms with Crippen molar-refractivity contribution in [2.45, 2.75) is 23.5 Å². The molecule has 1 aromatic carbocycles. The van der Waals surface area contributed by atoms with Crippen LogP contribution in [0.3, 0.4) is 0 Å². The number of guanidine groups is 1. The quantitative estimate of drug-likeness (QED) is 0.466. The highest BCUT2D eigenvalue weighted by Gasteiger charge is 2.19. The van der Waals surface area contributed by atoms with Gasteiger partial charge in [0.2, 0.25) is 0 Å². The molecule has 6 heteroatoms. The number of nitrogens with two attached hydrogens (primary N) is 1. The molecule has 0 aliphatic carbocycles.